The van der Waals surface area contributed by atoms with E-state index in [1.165, 1.54) is 0 Å². The molecule has 1 N–H and O–H groups in total. The van der Waals surface area contributed by atoms with E-state index in [1.807, 2.05) is 30.1 Å². The van der Waals surface area contributed by atoms with E-state index < -0.39 is 0 Å². The lowest BCUT2D eigenvalue weighted by atomic mass is 10.1. The molecule has 6 heteroatoms. The molecule has 0 spiro atoms. The number of carbonyl (C=O) groups is 1. The normalized spacial score (nSPS) is 21.3. The van der Waals surface area contributed by atoms with Gasteiger partial charge >= 0.3 is 0 Å². The van der Waals surface area contributed by atoms with Gasteiger partial charge in [-0.3, -0.25) is 4.79 Å². The van der Waals surface area contributed by atoms with Crippen LogP contribution in [0.3, 0.4) is 0 Å². The van der Waals surface area contributed by atoms with Crippen LogP contribution in [0.5, 0.6) is 11.5 Å². The standard InChI is InChI=1S/C16H24N2O3S/c1-5-14-15(19)18(9-8-17-2)16(22-14)11-6-7-12(20-3)13(10-11)21-4/h6-7,10,14,16-17H,5,8-9H2,1-4H3/t14-,16-/m0/s1. The molecule has 1 amide bonds. The summed E-state index contributed by atoms with van der Waals surface area (Å²) in [6.07, 6.45) is 0.851. The minimum atomic E-state index is 0.0330. The van der Waals surface area contributed by atoms with Crippen molar-refractivity contribution in [2.24, 2.45) is 0 Å². The summed E-state index contributed by atoms with van der Waals surface area (Å²) in [4.78, 5) is 14.5. The minimum absolute atomic E-state index is 0.0330. The second-order valence-electron chi connectivity index (χ2n) is 5.13. The predicted molar refractivity (Wildman–Crippen MR) is 89.6 cm³/mol. The fourth-order valence-electron chi connectivity index (χ4n) is 2.58. The molecule has 122 valence electrons. The van der Waals surface area contributed by atoms with Crippen LogP contribution in [0.15, 0.2) is 18.2 Å². The third kappa shape index (κ3) is 3.33. The second-order valence-corrected chi connectivity index (χ2v) is 6.42. The van der Waals surface area contributed by atoms with Gasteiger partial charge in [0.05, 0.1) is 19.5 Å². The largest absolute Gasteiger partial charge is 0.493 e. The number of hydrogen-bond acceptors (Lipinski definition) is 5. The molecule has 0 radical (unpaired) electrons. The highest BCUT2D eigenvalue weighted by molar-refractivity contribution is 8.01. The molecular weight excluding hydrogens is 300 g/mol. The zero-order chi connectivity index (χ0) is 16.1. The first-order valence-electron chi connectivity index (χ1n) is 7.48. The van der Waals surface area contributed by atoms with Gasteiger partial charge in [-0.05, 0) is 31.2 Å². The van der Waals surface area contributed by atoms with E-state index in [2.05, 4.69) is 12.2 Å². The van der Waals surface area contributed by atoms with Crippen molar-refractivity contribution in [1.29, 1.82) is 0 Å². The number of likely N-dealkylation sites (N-methyl/N-ethyl adjacent to an activating group) is 1. The van der Waals surface area contributed by atoms with Gasteiger partial charge in [-0.1, -0.05) is 13.0 Å². The first-order valence-corrected chi connectivity index (χ1v) is 8.43. The zero-order valence-corrected chi connectivity index (χ0v) is 14.4. The van der Waals surface area contributed by atoms with Gasteiger partial charge < -0.3 is 19.7 Å². The first-order chi connectivity index (χ1) is 10.7. The van der Waals surface area contributed by atoms with Crippen molar-refractivity contribution in [1.82, 2.24) is 10.2 Å². The SMILES string of the molecule is CC[C@@H]1S[C@@H](c2ccc(OC)c(OC)c2)N(CCNC)C1=O. The summed E-state index contributed by atoms with van der Waals surface area (Å²) in [7, 11) is 5.15. The van der Waals surface area contributed by atoms with Gasteiger partial charge in [0.1, 0.15) is 5.37 Å². The molecule has 2 rings (SSSR count). The van der Waals surface area contributed by atoms with E-state index in [4.69, 9.17) is 9.47 Å². The summed E-state index contributed by atoms with van der Waals surface area (Å²) < 4.78 is 10.7. The van der Waals surface area contributed by atoms with E-state index in [1.54, 1.807) is 26.0 Å². The van der Waals surface area contributed by atoms with Crippen LogP contribution < -0.4 is 14.8 Å². The summed E-state index contributed by atoms with van der Waals surface area (Å²) in [6.45, 7) is 3.55. The molecule has 0 unspecified atom stereocenters. The number of carbonyl (C=O) groups excluding carboxylic acids is 1. The topological polar surface area (TPSA) is 50.8 Å². The fourth-order valence-corrected chi connectivity index (χ4v) is 4.00. The molecule has 0 saturated carbocycles. The molecule has 1 heterocycles. The fraction of sp³-hybridized carbons (Fsp3) is 0.562. The highest BCUT2D eigenvalue weighted by atomic mass is 32.2. The molecule has 0 aromatic heterocycles. The quantitative estimate of drug-likeness (QED) is 0.834. The summed E-state index contributed by atoms with van der Waals surface area (Å²) in [6, 6.07) is 5.87. The molecular formula is C16H24N2O3S. The van der Waals surface area contributed by atoms with Crippen molar-refractivity contribution < 1.29 is 14.3 Å². The van der Waals surface area contributed by atoms with Crippen molar-refractivity contribution in [2.45, 2.75) is 24.0 Å². The van der Waals surface area contributed by atoms with Crippen molar-refractivity contribution in [2.75, 3.05) is 34.4 Å². The number of benzene rings is 1. The van der Waals surface area contributed by atoms with Gasteiger partial charge in [0.15, 0.2) is 11.5 Å². The van der Waals surface area contributed by atoms with Crippen molar-refractivity contribution in [3.8, 4) is 11.5 Å². The van der Waals surface area contributed by atoms with Crippen LogP contribution in [0.2, 0.25) is 0 Å². The van der Waals surface area contributed by atoms with Gasteiger partial charge in [-0.2, -0.15) is 0 Å². The molecule has 22 heavy (non-hydrogen) atoms. The number of hydrogen-bond donors (Lipinski definition) is 1. The number of rotatable bonds is 7. The van der Waals surface area contributed by atoms with Gasteiger partial charge in [0.2, 0.25) is 5.91 Å². The molecule has 1 aromatic rings. The van der Waals surface area contributed by atoms with Crippen LogP contribution in [0.1, 0.15) is 24.3 Å². The van der Waals surface area contributed by atoms with Gasteiger partial charge in [-0.15, -0.1) is 11.8 Å². The van der Waals surface area contributed by atoms with Crippen LogP contribution in [-0.4, -0.2) is 50.4 Å². The summed E-state index contributed by atoms with van der Waals surface area (Å²) in [5, 5.41) is 3.18. The average molecular weight is 324 g/mol. The number of nitrogens with one attached hydrogen (secondary N) is 1. The third-order valence-electron chi connectivity index (χ3n) is 3.80. The molecule has 1 aliphatic heterocycles. The van der Waals surface area contributed by atoms with Crippen LogP contribution in [-0.2, 0) is 4.79 Å². The number of ether oxygens (including phenoxy) is 2. The Hall–Kier alpha value is -1.40. The van der Waals surface area contributed by atoms with Crippen LogP contribution in [0.4, 0.5) is 0 Å². The lowest BCUT2D eigenvalue weighted by molar-refractivity contribution is -0.130. The molecule has 0 aliphatic carbocycles. The lowest BCUT2D eigenvalue weighted by Crippen LogP contribution is -2.35. The molecule has 1 saturated heterocycles. The number of amides is 1. The highest BCUT2D eigenvalue weighted by Crippen LogP contribution is 2.45. The molecule has 1 aromatic carbocycles. The van der Waals surface area contributed by atoms with Gasteiger partial charge in [-0.25, -0.2) is 0 Å². The number of thioether (sulfide) groups is 1. The smallest absolute Gasteiger partial charge is 0.236 e. The highest BCUT2D eigenvalue weighted by Gasteiger charge is 2.39. The van der Waals surface area contributed by atoms with Gasteiger partial charge in [0.25, 0.3) is 0 Å². The summed E-state index contributed by atoms with van der Waals surface area (Å²) in [5.41, 5.74) is 1.07. The Morgan fingerprint density at radius 1 is 1.27 bits per heavy atom. The van der Waals surface area contributed by atoms with Crippen LogP contribution >= 0.6 is 11.8 Å². The third-order valence-corrected chi connectivity index (χ3v) is 5.45. The number of nitrogens with zero attached hydrogens (tertiary/aromatic N) is 1. The monoisotopic (exact) mass is 324 g/mol. The molecule has 0 bridgehead atoms. The van der Waals surface area contributed by atoms with Crippen LogP contribution in [0, 0.1) is 0 Å². The molecule has 1 fully saturated rings. The Kier molecular flexibility index (Phi) is 5.97. The Bertz CT molecular complexity index is 524. The zero-order valence-electron chi connectivity index (χ0n) is 13.6. The van der Waals surface area contributed by atoms with Crippen LogP contribution in [0.25, 0.3) is 0 Å². The van der Waals surface area contributed by atoms with E-state index in [9.17, 15) is 4.79 Å². The maximum absolute atomic E-state index is 12.5. The Morgan fingerprint density at radius 2 is 2.00 bits per heavy atom. The average Bonchev–Trinajstić information content (AvgIpc) is 2.88. The van der Waals surface area contributed by atoms with E-state index in [0.29, 0.717) is 18.0 Å². The van der Waals surface area contributed by atoms with Crippen molar-refractivity contribution in [3.63, 3.8) is 0 Å². The first kappa shape index (κ1) is 17.0. The molecule has 5 nitrogen and oxygen atoms in total. The second kappa shape index (κ2) is 7.74. The van der Waals surface area contributed by atoms with Gasteiger partial charge in [0, 0.05) is 13.1 Å². The van der Waals surface area contributed by atoms with E-state index in [0.717, 1.165) is 18.5 Å². The minimum Gasteiger partial charge on any atom is -0.493 e. The van der Waals surface area contributed by atoms with E-state index in [-0.39, 0.29) is 16.5 Å². The van der Waals surface area contributed by atoms with E-state index >= 15 is 0 Å². The summed E-state index contributed by atoms with van der Waals surface area (Å²) in [5.74, 6) is 1.62. The molecule has 2 atom stereocenters. The maximum Gasteiger partial charge on any atom is 0.236 e. The van der Waals surface area contributed by atoms with Crippen molar-refractivity contribution in [3.05, 3.63) is 23.8 Å². The maximum atomic E-state index is 12.5. The Labute approximate surface area is 136 Å². The van der Waals surface area contributed by atoms with Crippen molar-refractivity contribution >= 4 is 17.7 Å². The number of methoxy groups -OCH3 is 2. The predicted octanol–water partition coefficient (Wildman–Crippen LogP) is 2.28. The molecule has 1 aliphatic rings. The Balaban J connectivity index is 2.29. The summed E-state index contributed by atoms with van der Waals surface area (Å²) >= 11 is 1.72. The lowest BCUT2D eigenvalue weighted by Gasteiger charge is -2.24. The Morgan fingerprint density at radius 3 is 2.59 bits per heavy atom.